The number of pyridine rings is 1. The maximum absolute atomic E-state index is 12.4. The van der Waals surface area contributed by atoms with Crippen LogP contribution in [0, 0.1) is 11.3 Å². The molecule has 3 heterocycles. The van der Waals surface area contributed by atoms with Gasteiger partial charge in [-0.05, 0) is 30.9 Å². The maximum Gasteiger partial charge on any atom is 0.227 e. The largest absolute Gasteiger partial charge is 0.342 e. The van der Waals surface area contributed by atoms with Gasteiger partial charge in [0.05, 0.1) is 23.9 Å². The van der Waals surface area contributed by atoms with E-state index in [1.165, 1.54) is 0 Å². The molecule has 0 aliphatic carbocycles. The van der Waals surface area contributed by atoms with Crippen LogP contribution in [0.25, 0.3) is 11.4 Å². The minimum atomic E-state index is -0.299. The van der Waals surface area contributed by atoms with Crippen molar-refractivity contribution in [2.75, 3.05) is 13.1 Å². The Morgan fingerprint density at radius 3 is 2.79 bits per heavy atom. The molecule has 0 radical (unpaired) electrons. The van der Waals surface area contributed by atoms with Gasteiger partial charge in [0.15, 0.2) is 0 Å². The summed E-state index contributed by atoms with van der Waals surface area (Å²) in [5.74, 6) is 0.743. The van der Waals surface area contributed by atoms with Gasteiger partial charge in [-0.2, -0.15) is 0 Å². The van der Waals surface area contributed by atoms with E-state index in [-0.39, 0.29) is 11.3 Å². The first kappa shape index (κ1) is 16.7. The van der Waals surface area contributed by atoms with Crippen LogP contribution in [0.2, 0.25) is 0 Å². The van der Waals surface area contributed by atoms with E-state index >= 15 is 0 Å². The van der Waals surface area contributed by atoms with Gasteiger partial charge in [0, 0.05) is 31.2 Å². The predicted octanol–water partition coefficient (Wildman–Crippen LogP) is 2.92. The molecule has 2 aromatic rings. The summed E-state index contributed by atoms with van der Waals surface area (Å²) in [5.41, 5.74) is 2.76. The van der Waals surface area contributed by atoms with Crippen molar-refractivity contribution in [2.45, 2.75) is 33.6 Å². The SMILES string of the molecule is Cn1cncc1-c1cccc(CC2CCN(C(=O)C(C)(C)C)C2)n1. The molecule has 0 bridgehead atoms. The van der Waals surface area contributed by atoms with Crippen molar-refractivity contribution >= 4 is 5.91 Å². The van der Waals surface area contributed by atoms with Crippen molar-refractivity contribution in [2.24, 2.45) is 18.4 Å². The highest BCUT2D eigenvalue weighted by Gasteiger charge is 2.32. The highest BCUT2D eigenvalue weighted by atomic mass is 16.2. The van der Waals surface area contributed by atoms with Gasteiger partial charge in [-0.25, -0.2) is 4.98 Å². The first-order valence-electron chi connectivity index (χ1n) is 8.56. The second kappa shape index (κ2) is 6.38. The van der Waals surface area contributed by atoms with Crippen LogP contribution >= 0.6 is 0 Å². The molecule has 0 spiro atoms. The second-order valence-electron chi connectivity index (χ2n) is 7.76. The summed E-state index contributed by atoms with van der Waals surface area (Å²) in [6, 6.07) is 6.15. The smallest absolute Gasteiger partial charge is 0.227 e. The van der Waals surface area contributed by atoms with E-state index in [1.54, 1.807) is 6.33 Å². The van der Waals surface area contributed by atoms with E-state index in [1.807, 2.05) is 49.5 Å². The third kappa shape index (κ3) is 3.50. The molecule has 1 unspecified atom stereocenters. The van der Waals surface area contributed by atoms with Crippen LogP contribution in [0.15, 0.2) is 30.7 Å². The summed E-state index contributed by atoms with van der Waals surface area (Å²) >= 11 is 0. The molecule has 2 aromatic heterocycles. The number of imidazole rings is 1. The zero-order chi connectivity index (χ0) is 17.3. The number of carbonyl (C=O) groups excluding carboxylic acids is 1. The number of rotatable bonds is 3. The van der Waals surface area contributed by atoms with Crippen molar-refractivity contribution in [3.8, 4) is 11.4 Å². The van der Waals surface area contributed by atoms with Crippen LogP contribution in [0.1, 0.15) is 32.9 Å². The Hall–Kier alpha value is -2.17. The molecule has 1 atom stereocenters. The lowest BCUT2D eigenvalue weighted by Gasteiger charge is -2.25. The van der Waals surface area contributed by atoms with Crippen LogP contribution in [-0.4, -0.2) is 38.4 Å². The predicted molar refractivity (Wildman–Crippen MR) is 94.3 cm³/mol. The van der Waals surface area contributed by atoms with E-state index in [0.29, 0.717) is 5.92 Å². The normalized spacial score (nSPS) is 18.2. The molecule has 0 N–H and O–H groups in total. The third-order valence-electron chi connectivity index (χ3n) is 4.60. The molecule has 3 rings (SSSR count). The Morgan fingerprint density at radius 2 is 2.12 bits per heavy atom. The van der Waals surface area contributed by atoms with Crippen molar-refractivity contribution in [1.29, 1.82) is 0 Å². The van der Waals surface area contributed by atoms with Gasteiger partial charge in [0.1, 0.15) is 0 Å². The lowest BCUT2D eigenvalue weighted by Crippen LogP contribution is -2.38. The van der Waals surface area contributed by atoms with Crippen molar-refractivity contribution < 1.29 is 4.79 Å². The first-order chi connectivity index (χ1) is 11.3. The highest BCUT2D eigenvalue weighted by Crippen LogP contribution is 2.26. The molecular formula is C19H26N4O. The number of aryl methyl sites for hydroxylation is 1. The van der Waals surface area contributed by atoms with Gasteiger partial charge in [-0.3, -0.25) is 9.78 Å². The fraction of sp³-hybridized carbons (Fsp3) is 0.526. The fourth-order valence-electron chi connectivity index (χ4n) is 3.29. The van der Waals surface area contributed by atoms with Gasteiger partial charge in [0.25, 0.3) is 0 Å². The molecule has 1 amide bonds. The molecule has 24 heavy (non-hydrogen) atoms. The number of nitrogens with zero attached hydrogens (tertiary/aromatic N) is 4. The number of carbonyl (C=O) groups is 1. The Kier molecular flexibility index (Phi) is 4.43. The van der Waals surface area contributed by atoms with E-state index in [2.05, 4.69) is 17.1 Å². The quantitative estimate of drug-likeness (QED) is 0.871. The van der Waals surface area contributed by atoms with Crippen LogP contribution in [0.3, 0.4) is 0 Å². The summed E-state index contributed by atoms with van der Waals surface area (Å²) in [4.78, 5) is 23.4. The van der Waals surface area contributed by atoms with Crippen LogP contribution in [-0.2, 0) is 18.3 Å². The summed E-state index contributed by atoms with van der Waals surface area (Å²) in [5, 5.41) is 0. The van der Waals surface area contributed by atoms with Gasteiger partial charge < -0.3 is 9.47 Å². The van der Waals surface area contributed by atoms with E-state index in [9.17, 15) is 4.79 Å². The Morgan fingerprint density at radius 1 is 1.33 bits per heavy atom. The molecule has 5 nitrogen and oxygen atoms in total. The molecule has 1 saturated heterocycles. The molecule has 128 valence electrons. The van der Waals surface area contributed by atoms with Crippen LogP contribution in [0.5, 0.6) is 0 Å². The number of hydrogen-bond donors (Lipinski definition) is 0. The standard InChI is InChI=1S/C19H26N4O/c1-19(2,3)18(24)23-9-8-14(12-23)10-15-6-5-7-16(21-15)17-11-20-13-22(17)4/h5-7,11,13-14H,8-10,12H2,1-4H3. The van der Waals surface area contributed by atoms with Crippen LogP contribution in [0.4, 0.5) is 0 Å². The molecule has 0 saturated carbocycles. The van der Waals surface area contributed by atoms with E-state index in [4.69, 9.17) is 4.98 Å². The summed E-state index contributed by atoms with van der Waals surface area (Å²) in [7, 11) is 1.98. The van der Waals surface area contributed by atoms with Gasteiger partial charge in [-0.15, -0.1) is 0 Å². The van der Waals surface area contributed by atoms with Crippen molar-refractivity contribution in [3.63, 3.8) is 0 Å². The van der Waals surface area contributed by atoms with Crippen molar-refractivity contribution in [1.82, 2.24) is 19.4 Å². The highest BCUT2D eigenvalue weighted by molar-refractivity contribution is 5.81. The monoisotopic (exact) mass is 326 g/mol. The second-order valence-corrected chi connectivity index (χ2v) is 7.76. The molecule has 1 fully saturated rings. The number of amides is 1. The summed E-state index contributed by atoms with van der Waals surface area (Å²) in [6.07, 6.45) is 5.60. The maximum atomic E-state index is 12.4. The van der Waals surface area contributed by atoms with Gasteiger partial charge >= 0.3 is 0 Å². The topological polar surface area (TPSA) is 51.0 Å². The Labute approximate surface area is 143 Å². The zero-order valence-electron chi connectivity index (χ0n) is 15.0. The summed E-state index contributed by atoms with van der Waals surface area (Å²) in [6.45, 7) is 7.67. The minimum Gasteiger partial charge on any atom is -0.342 e. The molecule has 5 heteroatoms. The Bertz CT molecular complexity index is 729. The minimum absolute atomic E-state index is 0.251. The first-order valence-corrected chi connectivity index (χ1v) is 8.56. The molecular weight excluding hydrogens is 300 g/mol. The average Bonchev–Trinajstić information content (AvgIpc) is 3.15. The number of likely N-dealkylation sites (tertiary alicyclic amines) is 1. The lowest BCUT2D eigenvalue weighted by atomic mass is 9.95. The summed E-state index contributed by atoms with van der Waals surface area (Å²) < 4.78 is 1.98. The number of aromatic nitrogens is 3. The third-order valence-corrected chi connectivity index (χ3v) is 4.60. The van der Waals surface area contributed by atoms with Crippen LogP contribution < -0.4 is 0 Å². The number of hydrogen-bond acceptors (Lipinski definition) is 3. The van der Waals surface area contributed by atoms with Gasteiger partial charge in [-0.1, -0.05) is 26.8 Å². The van der Waals surface area contributed by atoms with Crippen molar-refractivity contribution in [3.05, 3.63) is 36.4 Å². The van der Waals surface area contributed by atoms with E-state index in [0.717, 1.165) is 43.0 Å². The fourth-order valence-corrected chi connectivity index (χ4v) is 3.29. The molecule has 1 aliphatic heterocycles. The molecule has 1 aliphatic rings. The molecule has 0 aromatic carbocycles. The van der Waals surface area contributed by atoms with Gasteiger partial charge in [0.2, 0.25) is 5.91 Å². The van der Waals surface area contributed by atoms with E-state index < -0.39 is 0 Å². The average molecular weight is 326 g/mol. The zero-order valence-corrected chi connectivity index (χ0v) is 15.0. The lowest BCUT2D eigenvalue weighted by molar-refractivity contribution is -0.138. The Balaban J connectivity index is 1.68.